The normalized spacial score (nSPS) is 25.1. The minimum atomic E-state index is -0.970. The Bertz CT molecular complexity index is 176. The highest BCUT2D eigenvalue weighted by Gasteiger charge is 2.30. The predicted octanol–water partition coefficient (Wildman–Crippen LogP) is 0.239. The Hall–Kier alpha value is -0.830. The number of carbonyl (C=O) groups excluding carboxylic acids is 1. The third kappa shape index (κ3) is 1.36. The molecule has 0 radical (unpaired) electrons. The van der Waals surface area contributed by atoms with Crippen LogP contribution in [0, 0.1) is 0 Å². The van der Waals surface area contributed by atoms with Crippen LogP contribution in [0.25, 0.3) is 0 Å². The van der Waals surface area contributed by atoms with Crippen molar-refractivity contribution in [1.29, 1.82) is 0 Å². The van der Waals surface area contributed by atoms with Gasteiger partial charge in [-0.1, -0.05) is 0 Å². The Labute approximate surface area is 59.3 Å². The molecule has 0 bridgehead atoms. The van der Waals surface area contributed by atoms with Crippen molar-refractivity contribution in [3.05, 3.63) is 12.2 Å². The van der Waals surface area contributed by atoms with E-state index in [2.05, 4.69) is 0 Å². The minimum absolute atomic E-state index is 0.382. The number of ether oxygens (including phenoxy) is 1. The van der Waals surface area contributed by atoms with Crippen LogP contribution in [0.1, 0.15) is 13.8 Å². The lowest BCUT2D eigenvalue weighted by Crippen LogP contribution is -2.35. The van der Waals surface area contributed by atoms with Crippen LogP contribution in [0.3, 0.4) is 0 Å². The summed E-state index contributed by atoms with van der Waals surface area (Å²) in [4.78, 5) is 10.5. The second-order valence-electron chi connectivity index (χ2n) is 2.87. The largest absolute Gasteiger partial charge is 0.452 e. The number of hydrogen-bond acceptors (Lipinski definition) is 3. The molecule has 3 heteroatoms. The molecule has 1 rings (SSSR count). The number of rotatable bonds is 1. The minimum Gasteiger partial charge on any atom is -0.452 e. The first kappa shape index (κ1) is 7.28. The van der Waals surface area contributed by atoms with E-state index in [4.69, 9.17) is 4.74 Å². The molecular formula is C7H10O3. The fourth-order valence-electron chi connectivity index (χ4n) is 0.749. The molecule has 0 aromatic carbocycles. The van der Waals surface area contributed by atoms with Gasteiger partial charge in [-0.3, -0.25) is 0 Å². The molecule has 56 valence electrons. The Morgan fingerprint density at radius 2 is 2.30 bits per heavy atom. The van der Waals surface area contributed by atoms with E-state index in [9.17, 15) is 9.90 Å². The summed E-state index contributed by atoms with van der Waals surface area (Å²) in [5.41, 5.74) is -0.970. The van der Waals surface area contributed by atoms with Gasteiger partial charge in [0, 0.05) is 6.08 Å². The van der Waals surface area contributed by atoms with E-state index in [1.807, 2.05) is 0 Å². The van der Waals surface area contributed by atoms with Crippen LogP contribution in [-0.2, 0) is 9.53 Å². The number of cyclic esters (lactones) is 1. The van der Waals surface area contributed by atoms with Crippen LogP contribution in [0.15, 0.2) is 12.2 Å². The third-order valence-electron chi connectivity index (χ3n) is 1.35. The van der Waals surface area contributed by atoms with Crippen LogP contribution >= 0.6 is 0 Å². The molecule has 1 aliphatic heterocycles. The molecule has 0 saturated heterocycles. The molecule has 0 amide bonds. The van der Waals surface area contributed by atoms with Gasteiger partial charge in [0.2, 0.25) is 0 Å². The van der Waals surface area contributed by atoms with E-state index < -0.39 is 11.7 Å². The quantitative estimate of drug-likeness (QED) is 0.533. The summed E-state index contributed by atoms with van der Waals surface area (Å²) >= 11 is 0. The van der Waals surface area contributed by atoms with Gasteiger partial charge in [0.25, 0.3) is 0 Å². The van der Waals surface area contributed by atoms with Crippen molar-refractivity contribution >= 4 is 5.97 Å². The second-order valence-corrected chi connectivity index (χ2v) is 2.87. The highest BCUT2D eigenvalue weighted by Crippen LogP contribution is 2.17. The molecule has 0 fully saturated rings. The van der Waals surface area contributed by atoms with E-state index >= 15 is 0 Å². The highest BCUT2D eigenvalue weighted by molar-refractivity contribution is 5.84. The lowest BCUT2D eigenvalue weighted by Gasteiger charge is -2.22. The monoisotopic (exact) mass is 142 g/mol. The van der Waals surface area contributed by atoms with E-state index in [0.29, 0.717) is 0 Å². The smallest absolute Gasteiger partial charge is 0.331 e. The fraction of sp³-hybridized carbons (Fsp3) is 0.571. The fourth-order valence-corrected chi connectivity index (χ4v) is 0.749. The van der Waals surface area contributed by atoms with E-state index in [1.54, 1.807) is 19.9 Å². The zero-order valence-electron chi connectivity index (χ0n) is 6.00. The van der Waals surface area contributed by atoms with Crippen LogP contribution in [-0.4, -0.2) is 22.8 Å². The van der Waals surface area contributed by atoms with Crippen LogP contribution < -0.4 is 0 Å². The lowest BCUT2D eigenvalue weighted by atomic mass is 10.0. The summed E-state index contributed by atoms with van der Waals surface area (Å²) in [5, 5.41) is 9.31. The van der Waals surface area contributed by atoms with Gasteiger partial charge in [-0.2, -0.15) is 0 Å². The van der Waals surface area contributed by atoms with Gasteiger partial charge < -0.3 is 9.84 Å². The Morgan fingerprint density at radius 3 is 2.50 bits per heavy atom. The molecule has 0 unspecified atom stereocenters. The maximum absolute atomic E-state index is 10.5. The molecular weight excluding hydrogens is 132 g/mol. The number of hydrogen-bond donors (Lipinski definition) is 1. The van der Waals surface area contributed by atoms with E-state index in [0.717, 1.165) is 0 Å². The first-order valence-corrected chi connectivity index (χ1v) is 3.11. The summed E-state index contributed by atoms with van der Waals surface area (Å²) in [6, 6.07) is 0. The molecule has 0 aromatic rings. The third-order valence-corrected chi connectivity index (χ3v) is 1.35. The van der Waals surface area contributed by atoms with Crippen molar-refractivity contribution in [3.8, 4) is 0 Å². The van der Waals surface area contributed by atoms with Crippen molar-refractivity contribution in [1.82, 2.24) is 0 Å². The van der Waals surface area contributed by atoms with E-state index in [-0.39, 0.29) is 5.97 Å². The van der Waals surface area contributed by atoms with Gasteiger partial charge in [0.15, 0.2) is 0 Å². The van der Waals surface area contributed by atoms with Gasteiger partial charge in [0.05, 0.1) is 5.60 Å². The standard InChI is InChI=1S/C7H10O3/c1-7(2,9)5-3-4-6(8)10-5/h3-5,9H,1-2H3/t5-/m0/s1. The molecule has 1 heterocycles. The molecule has 0 aromatic heterocycles. The van der Waals surface area contributed by atoms with Crippen molar-refractivity contribution in [2.45, 2.75) is 25.6 Å². The van der Waals surface area contributed by atoms with Crippen LogP contribution in [0.2, 0.25) is 0 Å². The Kier molecular flexibility index (Phi) is 1.52. The average molecular weight is 142 g/mol. The van der Waals surface area contributed by atoms with Gasteiger partial charge in [-0.15, -0.1) is 0 Å². The molecule has 0 saturated carbocycles. The van der Waals surface area contributed by atoms with Crippen molar-refractivity contribution in [2.24, 2.45) is 0 Å². The maximum atomic E-state index is 10.5. The van der Waals surface area contributed by atoms with Gasteiger partial charge >= 0.3 is 5.97 Å². The molecule has 1 aliphatic rings. The van der Waals surface area contributed by atoms with Gasteiger partial charge in [-0.25, -0.2) is 4.79 Å². The van der Waals surface area contributed by atoms with Crippen molar-refractivity contribution < 1.29 is 14.6 Å². The number of carbonyl (C=O) groups is 1. The first-order chi connectivity index (χ1) is 4.50. The summed E-state index contributed by atoms with van der Waals surface area (Å²) < 4.78 is 4.73. The average Bonchev–Trinajstić information content (AvgIpc) is 2.11. The maximum Gasteiger partial charge on any atom is 0.331 e. The lowest BCUT2D eigenvalue weighted by molar-refractivity contribution is -0.147. The molecule has 0 spiro atoms. The Morgan fingerprint density at radius 1 is 1.70 bits per heavy atom. The molecule has 0 aliphatic carbocycles. The van der Waals surface area contributed by atoms with Crippen molar-refractivity contribution in [3.63, 3.8) is 0 Å². The number of esters is 1. The second kappa shape index (κ2) is 2.09. The SMILES string of the molecule is CC(C)(O)[C@@H]1C=CC(=O)O1. The zero-order chi connectivity index (χ0) is 7.78. The highest BCUT2D eigenvalue weighted by atomic mass is 16.6. The van der Waals surface area contributed by atoms with Crippen LogP contribution in [0.4, 0.5) is 0 Å². The molecule has 10 heavy (non-hydrogen) atoms. The Balaban J connectivity index is 2.63. The molecule has 3 nitrogen and oxygen atoms in total. The topological polar surface area (TPSA) is 46.5 Å². The summed E-state index contributed by atoms with van der Waals surface area (Å²) in [5.74, 6) is -0.382. The molecule has 1 N–H and O–H groups in total. The summed E-state index contributed by atoms with van der Waals surface area (Å²) in [6.07, 6.45) is 2.39. The summed E-state index contributed by atoms with van der Waals surface area (Å²) in [6.45, 7) is 3.20. The summed E-state index contributed by atoms with van der Waals surface area (Å²) in [7, 11) is 0. The van der Waals surface area contributed by atoms with Crippen LogP contribution in [0.5, 0.6) is 0 Å². The zero-order valence-corrected chi connectivity index (χ0v) is 6.00. The van der Waals surface area contributed by atoms with Gasteiger partial charge in [-0.05, 0) is 19.9 Å². The number of aliphatic hydroxyl groups is 1. The van der Waals surface area contributed by atoms with E-state index in [1.165, 1.54) is 6.08 Å². The van der Waals surface area contributed by atoms with Gasteiger partial charge in [0.1, 0.15) is 6.10 Å². The first-order valence-electron chi connectivity index (χ1n) is 3.11. The predicted molar refractivity (Wildman–Crippen MR) is 35.3 cm³/mol. The van der Waals surface area contributed by atoms with Crippen molar-refractivity contribution in [2.75, 3.05) is 0 Å². The molecule has 1 atom stereocenters.